The van der Waals surface area contributed by atoms with Gasteiger partial charge in [0.25, 0.3) is 5.91 Å². The Labute approximate surface area is 173 Å². The third kappa shape index (κ3) is 4.59. The molecule has 9 heteroatoms. The van der Waals surface area contributed by atoms with Crippen LogP contribution < -0.4 is 4.90 Å². The molecule has 0 N–H and O–H groups in total. The van der Waals surface area contributed by atoms with Gasteiger partial charge in [-0.1, -0.05) is 13.8 Å². The van der Waals surface area contributed by atoms with E-state index >= 15 is 0 Å². The molecule has 3 saturated heterocycles. The van der Waals surface area contributed by atoms with Gasteiger partial charge in [-0.15, -0.1) is 10.2 Å². The van der Waals surface area contributed by atoms with Crippen LogP contribution in [0.1, 0.15) is 63.0 Å². The molecule has 8 nitrogen and oxygen atoms in total. The molecule has 0 unspecified atom stereocenters. The predicted molar refractivity (Wildman–Crippen MR) is 112 cm³/mol. The van der Waals surface area contributed by atoms with Crippen molar-refractivity contribution in [2.45, 2.75) is 58.9 Å². The smallest absolute Gasteiger partial charge is 0.291 e. The van der Waals surface area contributed by atoms with Crippen LogP contribution in [-0.2, 0) is 16.4 Å². The summed E-state index contributed by atoms with van der Waals surface area (Å²) in [6.45, 7) is 8.57. The summed E-state index contributed by atoms with van der Waals surface area (Å²) in [6, 6.07) is 0. The van der Waals surface area contributed by atoms with Crippen LogP contribution in [0.25, 0.3) is 0 Å². The van der Waals surface area contributed by atoms with Gasteiger partial charge in [-0.2, -0.15) is 0 Å². The van der Waals surface area contributed by atoms with Crippen LogP contribution in [0.15, 0.2) is 0 Å². The van der Waals surface area contributed by atoms with Gasteiger partial charge in [0, 0.05) is 32.7 Å². The molecule has 0 aliphatic carbocycles. The van der Waals surface area contributed by atoms with Gasteiger partial charge < -0.3 is 9.80 Å². The van der Waals surface area contributed by atoms with Gasteiger partial charge in [-0.25, -0.2) is 8.42 Å². The number of carbonyl (C=O) groups excluding carboxylic acids is 1. The van der Waals surface area contributed by atoms with Crippen molar-refractivity contribution in [2.24, 2.45) is 11.3 Å². The third-order valence-corrected chi connectivity index (χ3v) is 8.55. The fourth-order valence-corrected chi connectivity index (χ4v) is 6.20. The molecular weight excluding hydrogens is 390 g/mol. The summed E-state index contributed by atoms with van der Waals surface area (Å²) in [7, 11) is -2.90. The number of sulfone groups is 1. The molecule has 3 fully saturated rings. The minimum absolute atomic E-state index is 0.0398. The van der Waals surface area contributed by atoms with E-state index < -0.39 is 9.84 Å². The van der Waals surface area contributed by atoms with Crippen molar-refractivity contribution in [3.05, 3.63) is 5.82 Å². The molecule has 0 aromatic carbocycles. The van der Waals surface area contributed by atoms with Crippen LogP contribution in [0.2, 0.25) is 0 Å². The summed E-state index contributed by atoms with van der Waals surface area (Å²) in [5.41, 5.74) is 0.327. The van der Waals surface area contributed by atoms with E-state index in [1.807, 2.05) is 9.47 Å². The lowest BCUT2D eigenvalue weighted by Gasteiger charge is -2.37. The molecule has 162 valence electrons. The highest BCUT2D eigenvalue weighted by molar-refractivity contribution is 7.91. The van der Waals surface area contributed by atoms with Crippen molar-refractivity contribution >= 4 is 21.7 Å². The average Bonchev–Trinajstić information content (AvgIpc) is 3.33. The highest BCUT2D eigenvalue weighted by Gasteiger charge is 2.33. The first-order valence-electron chi connectivity index (χ1n) is 10.9. The number of anilines is 1. The van der Waals surface area contributed by atoms with Crippen molar-refractivity contribution in [1.82, 2.24) is 19.7 Å². The molecule has 3 aliphatic heterocycles. The summed E-state index contributed by atoms with van der Waals surface area (Å²) in [6.07, 6.45) is 5.52. The quantitative estimate of drug-likeness (QED) is 0.736. The minimum Gasteiger partial charge on any atom is -0.341 e. The number of piperidine rings is 1. The largest absolute Gasteiger partial charge is 0.341 e. The Balaban J connectivity index is 1.58. The number of nitrogens with zero attached hydrogens (tertiary/aromatic N) is 5. The van der Waals surface area contributed by atoms with Crippen LogP contribution in [0.5, 0.6) is 0 Å². The predicted octanol–water partition coefficient (Wildman–Crippen LogP) is 1.97. The fourth-order valence-electron chi connectivity index (χ4n) is 4.61. The molecule has 0 spiro atoms. The van der Waals surface area contributed by atoms with Crippen molar-refractivity contribution < 1.29 is 13.2 Å². The molecule has 0 radical (unpaired) electrons. The van der Waals surface area contributed by atoms with Gasteiger partial charge in [0.05, 0.1) is 11.5 Å². The van der Waals surface area contributed by atoms with E-state index in [9.17, 15) is 13.2 Å². The standard InChI is InChI=1S/C20H33N5O3S/c1-20(2)7-11-24(12-8-20)19-22-21-17(18(26)23-9-3-4-10-23)25(19)15-16-5-13-29(27,28)14-6-16/h16H,3-15H2,1-2H3. The van der Waals surface area contributed by atoms with E-state index in [1.54, 1.807) is 0 Å². The Morgan fingerprint density at radius 2 is 1.66 bits per heavy atom. The highest BCUT2D eigenvalue weighted by Crippen LogP contribution is 2.33. The van der Waals surface area contributed by atoms with Crippen molar-refractivity contribution in [3.8, 4) is 0 Å². The average molecular weight is 424 g/mol. The molecule has 1 amide bonds. The molecular formula is C20H33N5O3S. The van der Waals surface area contributed by atoms with Crippen LogP contribution in [0.3, 0.4) is 0 Å². The second-order valence-corrected chi connectivity index (χ2v) is 12.0. The Bertz CT molecular complexity index is 833. The zero-order valence-corrected chi connectivity index (χ0v) is 18.5. The van der Waals surface area contributed by atoms with Gasteiger partial charge in [0.2, 0.25) is 11.8 Å². The molecule has 4 heterocycles. The van der Waals surface area contributed by atoms with E-state index in [0.717, 1.165) is 57.8 Å². The first-order valence-corrected chi connectivity index (χ1v) is 12.7. The molecule has 4 rings (SSSR count). The molecule has 0 atom stereocenters. The molecule has 3 aliphatic rings. The number of hydrogen-bond donors (Lipinski definition) is 0. The van der Waals surface area contributed by atoms with Crippen LogP contribution in [-0.4, -0.2) is 71.7 Å². The van der Waals surface area contributed by atoms with Crippen molar-refractivity contribution in [2.75, 3.05) is 42.6 Å². The zero-order chi connectivity index (χ0) is 20.6. The van der Waals surface area contributed by atoms with Crippen LogP contribution >= 0.6 is 0 Å². The number of aromatic nitrogens is 3. The lowest BCUT2D eigenvalue weighted by Crippen LogP contribution is -2.39. The van der Waals surface area contributed by atoms with E-state index in [2.05, 4.69) is 28.9 Å². The van der Waals surface area contributed by atoms with Crippen molar-refractivity contribution in [3.63, 3.8) is 0 Å². The lowest BCUT2D eigenvalue weighted by molar-refractivity contribution is 0.0773. The van der Waals surface area contributed by atoms with Gasteiger partial charge >= 0.3 is 0 Å². The summed E-state index contributed by atoms with van der Waals surface area (Å²) in [4.78, 5) is 17.2. The van der Waals surface area contributed by atoms with Gasteiger partial charge in [0.1, 0.15) is 9.84 Å². The first-order chi connectivity index (χ1) is 13.7. The van der Waals surface area contributed by atoms with E-state index in [-0.39, 0.29) is 23.3 Å². The molecule has 1 aromatic rings. The number of rotatable bonds is 4. The van der Waals surface area contributed by atoms with Crippen LogP contribution in [0.4, 0.5) is 5.95 Å². The second kappa shape index (κ2) is 7.89. The molecule has 0 bridgehead atoms. The number of carbonyl (C=O) groups is 1. The first kappa shape index (κ1) is 20.6. The fraction of sp³-hybridized carbons (Fsp3) is 0.850. The van der Waals surface area contributed by atoms with Crippen LogP contribution in [0, 0.1) is 11.3 Å². The van der Waals surface area contributed by atoms with Gasteiger partial charge in [-0.05, 0) is 49.9 Å². The highest BCUT2D eigenvalue weighted by atomic mass is 32.2. The number of likely N-dealkylation sites (tertiary alicyclic amines) is 1. The van der Waals surface area contributed by atoms with E-state index in [4.69, 9.17) is 0 Å². The van der Waals surface area contributed by atoms with Gasteiger partial charge in [-0.3, -0.25) is 9.36 Å². The SMILES string of the molecule is CC1(C)CCN(c2nnc(C(=O)N3CCCC3)n2CC2CCS(=O)(=O)CC2)CC1. The maximum Gasteiger partial charge on any atom is 0.291 e. The summed E-state index contributed by atoms with van der Waals surface area (Å²) < 4.78 is 25.6. The molecule has 29 heavy (non-hydrogen) atoms. The Kier molecular flexibility index (Phi) is 5.61. The monoisotopic (exact) mass is 423 g/mol. The normalized spacial score (nSPS) is 24.8. The summed E-state index contributed by atoms with van der Waals surface area (Å²) in [5, 5.41) is 8.78. The number of amides is 1. The van der Waals surface area contributed by atoms with E-state index in [1.165, 1.54) is 0 Å². The topological polar surface area (TPSA) is 88.4 Å². The minimum atomic E-state index is -2.90. The lowest BCUT2D eigenvalue weighted by atomic mass is 9.83. The zero-order valence-electron chi connectivity index (χ0n) is 17.6. The second-order valence-electron chi connectivity index (χ2n) is 9.68. The van der Waals surface area contributed by atoms with Crippen molar-refractivity contribution in [1.29, 1.82) is 0 Å². The summed E-state index contributed by atoms with van der Waals surface area (Å²) >= 11 is 0. The maximum absolute atomic E-state index is 13.1. The van der Waals surface area contributed by atoms with Gasteiger partial charge in [0.15, 0.2) is 0 Å². The summed E-state index contributed by atoms with van der Waals surface area (Å²) in [5.74, 6) is 1.86. The molecule has 1 aromatic heterocycles. The Morgan fingerprint density at radius 1 is 1.03 bits per heavy atom. The van der Waals surface area contributed by atoms with E-state index in [0.29, 0.717) is 30.6 Å². The Morgan fingerprint density at radius 3 is 2.28 bits per heavy atom. The Hall–Kier alpha value is -1.64. The maximum atomic E-state index is 13.1. The third-order valence-electron chi connectivity index (χ3n) is 6.83. The number of hydrogen-bond acceptors (Lipinski definition) is 6. The molecule has 0 saturated carbocycles.